The molecule has 4 rings (SSSR count). The number of nitrogens with zero attached hydrogens (tertiary/aromatic N) is 3. The Balaban J connectivity index is 1.69. The first kappa shape index (κ1) is 18.2. The van der Waals surface area contributed by atoms with Gasteiger partial charge in [-0.15, -0.1) is 0 Å². The highest BCUT2D eigenvalue weighted by molar-refractivity contribution is 9.10. The maximum Gasteiger partial charge on any atom is 0.227 e. The average molecular weight is 426 g/mol. The van der Waals surface area contributed by atoms with Crippen LogP contribution < -0.4 is 4.90 Å². The van der Waals surface area contributed by atoms with E-state index in [2.05, 4.69) is 52.5 Å². The van der Waals surface area contributed by atoms with E-state index in [-0.39, 0.29) is 11.8 Å². The summed E-state index contributed by atoms with van der Waals surface area (Å²) in [5.41, 5.74) is 3.12. The van der Waals surface area contributed by atoms with Gasteiger partial charge in [0.2, 0.25) is 5.91 Å². The minimum atomic E-state index is 0.115. The highest BCUT2D eigenvalue weighted by Gasteiger charge is 2.35. The van der Waals surface area contributed by atoms with Crippen molar-refractivity contribution in [3.8, 4) is 0 Å². The van der Waals surface area contributed by atoms with Crippen LogP contribution in [0.4, 0.5) is 5.69 Å². The Morgan fingerprint density at radius 1 is 1.15 bits per heavy atom. The molecule has 1 aromatic heterocycles. The molecular weight excluding hydrogens is 402 g/mol. The molecule has 1 fully saturated rings. The van der Waals surface area contributed by atoms with Gasteiger partial charge in [-0.2, -0.15) is 0 Å². The molecule has 2 heterocycles. The van der Waals surface area contributed by atoms with E-state index in [0.29, 0.717) is 18.9 Å². The number of carbonyl (C=O) groups is 1. The van der Waals surface area contributed by atoms with Crippen LogP contribution in [0, 0.1) is 5.92 Å². The summed E-state index contributed by atoms with van der Waals surface area (Å²) in [6.45, 7) is 6.10. The van der Waals surface area contributed by atoms with Crippen molar-refractivity contribution in [3.05, 3.63) is 58.8 Å². The number of aromatic nitrogens is 2. The third kappa shape index (κ3) is 3.53. The van der Waals surface area contributed by atoms with Crippen LogP contribution in [-0.4, -0.2) is 22.0 Å². The largest absolute Gasteiger partial charge is 0.328 e. The van der Waals surface area contributed by atoms with Crippen LogP contribution in [-0.2, 0) is 11.3 Å². The van der Waals surface area contributed by atoms with Crippen LogP contribution in [0.15, 0.2) is 53.0 Å². The van der Waals surface area contributed by atoms with Crippen molar-refractivity contribution in [3.63, 3.8) is 0 Å². The standard InChI is InChI=1S/C22H24BrN3O/c1-15(2)11-12-25-20-10-6-4-8-18(20)24-22(25)16-13-21(27)26(14-16)19-9-5-3-7-17(19)23/h3-10,15-16H,11-14H2,1-2H3/t16-/m1/s1. The van der Waals surface area contributed by atoms with Gasteiger partial charge in [0, 0.05) is 29.9 Å². The average Bonchev–Trinajstić information content (AvgIpc) is 3.21. The zero-order chi connectivity index (χ0) is 19.0. The number of anilines is 1. The number of hydrogen-bond donors (Lipinski definition) is 0. The Morgan fingerprint density at radius 2 is 1.89 bits per heavy atom. The van der Waals surface area contributed by atoms with Crippen molar-refractivity contribution in [1.29, 1.82) is 0 Å². The molecular formula is C22H24BrN3O. The predicted octanol–water partition coefficient (Wildman–Crippen LogP) is 5.37. The Morgan fingerprint density at radius 3 is 2.67 bits per heavy atom. The molecule has 2 aromatic carbocycles. The molecule has 4 nitrogen and oxygen atoms in total. The fraction of sp³-hybridized carbons (Fsp3) is 0.364. The fourth-order valence-corrected chi connectivity index (χ4v) is 4.31. The van der Waals surface area contributed by atoms with Gasteiger partial charge < -0.3 is 9.47 Å². The minimum absolute atomic E-state index is 0.115. The summed E-state index contributed by atoms with van der Waals surface area (Å²) < 4.78 is 3.28. The van der Waals surface area contributed by atoms with Gasteiger partial charge in [0.05, 0.1) is 16.7 Å². The third-order valence-corrected chi connectivity index (χ3v) is 5.92. The third-order valence-electron chi connectivity index (χ3n) is 5.25. The summed E-state index contributed by atoms with van der Waals surface area (Å²) in [5, 5.41) is 0. The molecule has 1 amide bonds. The fourth-order valence-electron chi connectivity index (χ4n) is 3.81. The number of rotatable bonds is 5. The quantitative estimate of drug-likeness (QED) is 0.551. The first-order chi connectivity index (χ1) is 13.0. The molecule has 0 aliphatic carbocycles. The van der Waals surface area contributed by atoms with Crippen LogP contribution in [0.3, 0.4) is 0 Å². The number of hydrogen-bond acceptors (Lipinski definition) is 2. The van der Waals surface area contributed by atoms with Gasteiger partial charge in [0.25, 0.3) is 0 Å². The summed E-state index contributed by atoms with van der Waals surface area (Å²) in [5.74, 6) is 1.94. The van der Waals surface area contributed by atoms with Crippen LogP contribution in [0.2, 0.25) is 0 Å². The van der Waals surface area contributed by atoms with Crippen molar-refractivity contribution in [1.82, 2.24) is 9.55 Å². The Labute approximate surface area is 168 Å². The second-order valence-corrected chi connectivity index (χ2v) is 8.50. The molecule has 0 unspecified atom stereocenters. The van der Waals surface area contributed by atoms with Crippen molar-refractivity contribution in [2.24, 2.45) is 5.92 Å². The number of para-hydroxylation sites is 3. The lowest BCUT2D eigenvalue weighted by Crippen LogP contribution is -2.25. The van der Waals surface area contributed by atoms with Gasteiger partial charge in [-0.05, 0) is 52.5 Å². The number of carbonyl (C=O) groups excluding carboxylic acids is 1. The first-order valence-electron chi connectivity index (χ1n) is 9.54. The first-order valence-corrected chi connectivity index (χ1v) is 10.3. The second kappa shape index (κ2) is 7.47. The van der Waals surface area contributed by atoms with Crippen LogP contribution in [0.5, 0.6) is 0 Å². The number of halogens is 1. The minimum Gasteiger partial charge on any atom is -0.328 e. The monoisotopic (exact) mass is 425 g/mol. The number of amides is 1. The molecule has 1 atom stereocenters. The number of imidazole rings is 1. The molecule has 1 aliphatic heterocycles. The lowest BCUT2D eigenvalue weighted by atomic mass is 10.1. The summed E-state index contributed by atoms with van der Waals surface area (Å²) in [6, 6.07) is 16.2. The molecule has 0 N–H and O–H groups in total. The normalized spacial score (nSPS) is 17.4. The number of benzene rings is 2. The molecule has 0 bridgehead atoms. The van der Waals surface area contributed by atoms with Crippen molar-refractivity contribution < 1.29 is 4.79 Å². The van der Waals surface area contributed by atoms with Gasteiger partial charge in [-0.25, -0.2) is 4.98 Å². The maximum absolute atomic E-state index is 12.8. The van der Waals surface area contributed by atoms with Gasteiger partial charge in [0.1, 0.15) is 5.82 Å². The van der Waals surface area contributed by atoms with E-state index in [1.54, 1.807) is 0 Å². The van der Waals surface area contributed by atoms with Crippen LogP contribution in [0.25, 0.3) is 11.0 Å². The van der Waals surface area contributed by atoms with E-state index in [1.807, 2.05) is 35.2 Å². The molecule has 0 radical (unpaired) electrons. The topological polar surface area (TPSA) is 38.1 Å². The van der Waals surface area contributed by atoms with E-state index in [9.17, 15) is 4.79 Å². The number of aryl methyl sites for hydroxylation is 1. The lowest BCUT2D eigenvalue weighted by molar-refractivity contribution is -0.117. The summed E-state index contributed by atoms with van der Waals surface area (Å²) in [6.07, 6.45) is 1.61. The van der Waals surface area contributed by atoms with E-state index < -0.39 is 0 Å². The lowest BCUT2D eigenvalue weighted by Gasteiger charge is -2.19. The Hall–Kier alpha value is -2.14. The van der Waals surface area contributed by atoms with Crippen molar-refractivity contribution >= 4 is 38.6 Å². The second-order valence-electron chi connectivity index (χ2n) is 7.65. The Bertz CT molecular complexity index is 979. The zero-order valence-electron chi connectivity index (χ0n) is 15.7. The number of fused-ring (bicyclic) bond motifs is 1. The maximum atomic E-state index is 12.8. The molecule has 0 spiro atoms. The Kier molecular flexibility index (Phi) is 5.04. The van der Waals surface area contributed by atoms with Crippen LogP contribution in [0.1, 0.15) is 38.4 Å². The molecule has 1 aliphatic rings. The smallest absolute Gasteiger partial charge is 0.227 e. The van der Waals surface area contributed by atoms with Gasteiger partial charge in [-0.1, -0.05) is 38.1 Å². The van der Waals surface area contributed by atoms with Gasteiger partial charge in [-0.3, -0.25) is 4.79 Å². The van der Waals surface area contributed by atoms with Crippen LogP contribution >= 0.6 is 15.9 Å². The summed E-state index contributed by atoms with van der Waals surface area (Å²) in [4.78, 5) is 19.6. The SMILES string of the molecule is CC(C)CCn1c([C@@H]2CC(=O)N(c3ccccc3Br)C2)nc2ccccc21. The molecule has 3 aromatic rings. The van der Waals surface area contributed by atoms with E-state index in [4.69, 9.17) is 4.98 Å². The highest BCUT2D eigenvalue weighted by Crippen LogP contribution is 2.36. The summed E-state index contributed by atoms with van der Waals surface area (Å²) in [7, 11) is 0. The molecule has 5 heteroatoms. The van der Waals surface area contributed by atoms with Gasteiger partial charge in [0.15, 0.2) is 0 Å². The predicted molar refractivity (Wildman–Crippen MR) is 113 cm³/mol. The molecule has 1 saturated heterocycles. The van der Waals surface area contributed by atoms with E-state index >= 15 is 0 Å². The van der Waals surface area contributed by atoms with Crippen molar-refractivity contribution in [2.75, 3.05) is 11.4 Å². The van der Waals surface area contributed by atoms with Crippen molar-refractivity contribution in [2.45, 2.75) is 39.2 Å². The molecule has 140 valence electrons. The zero-order valence-corrected chi connectivity index (χ0v) is 17.3. The highest BCUT2D eigenvalue weighted by atomic mass is 79.9. The van der Waals surface area contributed by atoms with E-state index in [1.165, 1.54) is 5.52 Å². The molecule has 0 saturated carbocycles. The molecule has 27 heavy (non-hydrogen) atoms. The van der Waals surface area contributed by atoms with E-state index in [0.717, 1.165) is 34.5 Å². The van der Waals surface area contributed by atoms with Gasteiger partial charge >= 0.3 is 0 Å². The summed E-state index contributed by atoms with van der Waals surface area (Å²) >= 11 is 3.58.